The number of hydrogen-bond donors (Lipinski definition) is 1. The Morgan fingerprint density at radius 2 is 1.95 bits per heavy atom. The van der Waals surface area contributed by atoms with Crippen LogP contribution < -0.4 is 20.1 Å². The van der Waals surface area contributed by atoms with Crippen molar-refractivity contribution in [2.75, 3.05) is 30.4 Å². The van der Waals surface area contributed by atoms with Gasteiger partial charge in [0.25, 0.3) is 0 Å². The van der Waals surface area contributed by atoms with Gasteiger partial charge in [-0.25, -0.2) is 0 Å². The summed E-state index contributed by atoms with van der Waals surface area (Å²) in [5.41, 5.74) is 7.77. The second-order valence-electron chi connectivity index (χ2n) is 4.89. The van der Waals surface area contributed by atoms with Crippen LogP contribution in [0.1, 0.15) is 19.3 Å². The molecule has 1 aliphatic carbocycles. The summed E-state index contributed by atoms with van der Waals surface area (Å²) in [6.07, 6.45) is 2.84. The number of nitrogens with zero attached hydrogens (tertiary/aromatic N) is 2. The van der Waals surface area contributed by atoms with E-state index in [1.165, 1.54) is 12.8 Å². The van der Waals surface area contributed by atoms with Gasteiger partial charge in [0.1, 0.15) is 13.2 Å². The molecule has 0 amide bonds. The summed E-state index contributed by atoms with van der Waals surface area (Å²) in [5, 5.41) is 8.77. The van der Waals surface area contributed by atoms with E-state index in [1.54, 1.807) is 0 Å². The van der Waals surface area contributed by atoms with Crippen LogP contribution >= 0.6 is 0 Å². The number of benzene rings is 1. The largest absolute Gasteiger partial charge is 0.486 e. The van der Waals surface area contributed by atoms with Crippen molar-refractivity contribution in [1.29, 1.82) is 5.26 Å². The maximum Gasteiger partial charge on any atom is 0.163 e. The molecule has 0 radical (unpaired) electrons. The summed E-state index contributed by atoms with van der Waals surface area (Å²) in [6, 6.07) is 6.48. The van der Waals surface area contributed by atoms with Crippen LogP contribution in [0.2, 0.25) is 0 Å². The molecule has 1 heterocycles. The van der Waals surface area contributed by atoms with Gasteiger partial charge in [0.2, 0.25) is 0 Å². The zero-order chi connectivity index (χ0) is 13.2. The SMILES string of the molecule is N#CCCN(c1cc2c(cc1N)OCCO2)C1CC1. The van der Waals surface area contributed by atoms with E-state index in [2.05, 4.69) is 11.0 Å². The molecule has 3 rings (SSSR count). The number of nitriles is 1. The molecular weight excluding hydrogens is 242 g/mol. The molecule has 2 aliphatic rings. The van der Waals surface area contributed by atoms with Crippen molar-refractivity contribution in [3.05, 3.63) is 12.1 Å². The topological polar surface area (TPSA) is 71.5 Å². The van der Waals surface area contributed by atoms with Crippen LogP contribution in [-0.4, -0.2) is 25.8 Å². The number of fused-ring (bicyclic) bond motifs is 1. The van der Waals surface area contributed by atoms with Crippen LogP contribution in [0.5, 0.6) is 11.5 Å². The molecule has 0 aromatic heterocycles. The molecule has 1 fully saturated rings. The Balaban J connectivity index is 1.91. The molecule has 1 aliphatic heterocycles. The minimum atomic E-state index is 0.504. The third-order valence-electron chi connectivity index (χ3n) is 3.45. The number of rotatable bonds is 4. The maximum atomic E-state index is 8.77. The zero-order valence-corrected chi connectivity index (χ0v) is 10.8. The van der Waals surface area contributed by atoms with Crippen LogP contribution in [0, 0.1) is 11.3 Å². The van der Waals surface area contributed by atoms with E-state index < -0.39 is 0 Å². The van der Waals surface area contributed by atoms with Gasteiger partial charge in [-0.15, -0.1) is 0 Å². The highest BCUT2D eigenvalue weighted by Crippen LogP contribution is 2.42. The summed E-state index contributed by atoms with van der Waals surface area (Å²) in [5.74, 6) is 1.46. The highest BCUT2D eigenvalue weighted by atomic mass is 16.6. The standard InChI is InChI=1S/C14H17N3O2/c15-4-1-5-17(10-2-3-10)12-9-14-13(8-11(12)16)18-6-7-19-14/h8-10H,1-3,5-7,16H2. The molecule has 2 N–H and O–H groups in total. The predicted octanol–water partition coefficient (Wildman–Crippen LogP) is 1.92. The van der Waals surface area contributed by atoms with Crippen LogP contribution in [0.25, 0.3) is 0 Å². The van der Waals surface area contributed by atoms with Gasteiger partial charge in [0.05, 0.1) is 23.9 Å². The van der Waals surface area contributed by atoms with Gasteiger partial charge in [-0.05, 0) is 12.8 Å². The van der Waals surface area contributed by atoms with E-state index in [4.69, 9.17) is 20.5 Å². The average molecular weight is 259 g/mol. The first-order valence-corrected chi connectivity index (χ1v) is 6.62. The van der Waals surface area contributed by atoms with E-state index in [0.29, 0.717) is 43.7 Å². The molecule has 1 aromatic rings. The van der Waals surface area contributed by atoms with Crippen LogP contribution in [0.15, 0.2) is 12.1 Å². The number of nitrogens with two attached hydrogens (primary N) is 1. The smallest absolute Gasteiger partial charge is 0.163 e. The second kappa shape index (κ2) is 4.88. The second-order valence-corrected chi connectivity index (χ2v) is 4.89. The normalized spacial score (nSPS) is 16.8. The van der Waals surface area contributed by atoms with Crippen molar-refractivity contribution in [1.82, 2.24) is 0 Å². The van der Waals surface area contributed by atoms with E-state index in [9.17, 15) is 0 Å². The van der Waals surface area contributed by atoms with Crippen LogP contribution in [0.4, 0.5) is 11.4 Å². The minimum Gasteiger partial charge on any atom is -0.486 e. The van der Waals surface area contributed by atoms with Crippen molar-refractivity contribution in [3.8, 4) is 17.6 Å². The molecule has 0 unspecified atom stereocenters. The van der Waals surface area contributed by atoms with Gasteiger partial charge in [-0.3, -0.25) is 0 Å². The molecule has 5 heteroatoms. The Bertz CT molecular complexity index is 520. The maximum absolute atomic E-state index is 8.77. The van der Waals surface area contributed by atoms with Gasteiger partial charge in [0.15, 0.2) is 11.5 Å². The Labute approximate surface area is 112 Å². The molecule has 0 spiro atoms. The van der Waals surface area contributed by atoms with Crippen LogP contribution in [0.3, 0.4) is 0 Å². The first-order chi connectivity index (χ1) is 9.29. The first-order valence-electron chi connectivity index (χ1n) is 6.62. The third kappa shape index (κ3) is 2.39. The third-order valence-corrected chi connectivity index (χ3v) is 3.45. The Morgan fingerprint density at radius 3 is 2.58 bits per heavy atom. The Morgan fingerprint density at radius 1 is 1.26 bits per heavy atom. The number of ether oxygens (including phenoxy) is 2. The fraction of sp³-hybridized carbons (Fsp3) is 0.500. The van der Waals surface area contributed by atoms with Crippen molar-refractivity contribution in [2.45, 2.75) is 25.3 Å². The quantitative estimate of drug-likeness (QED) is 0.836. The molecule has 1 saturated carbocycles. The lowest BCUT2D eigenvalue weighted by Crippen LogP contribution is -2.28. The van der Waals surface area contributed by atoms with Gasteiger partial charge >= 0.3 is 0 Å². The van der Waals surface area contributed by atoms with E-state index in [1.807, 2.05) is 12.1 Å². The molecule has 19 heavy (non-hydrogen) atoms. The Hall–Kier alpha value is -2.09. The average Bonchev–Trinajstić information content (AvgIpc) is 3.24. The van der Waals surface area contributed by atoms with Crippen molar-refractivity contribution in [2.24, 2.45) is 0 Å². The summed E-state index contributed by atoms with van der Waals surface area (Å²) in [6.45, 7) is 1.84. The fourth-order valence-corrected chi connectivity index (χ4v) is 2.40. The number of hydrogen-bond acceptors (Lipinski definition) is 5. The molecule has 0 bridgehead atoms. The van der Waals surface area contributed by atoms with Crippen LogP contribution in [-0.2, 0) is 0 Å². The van der Waals surface area contributed by atoms with Gasteiger partial charge < -0.3 is 20.1 Å². The van der Waals surface area contributed by atoms with Gasteiger partial charge in [0, 0.05) is 24.7 Å². The van der Waals surface area contributed by atoms with Gasteiger partial charge in [-0.1, -0.05) is 0 Å². The molecule has 1 aromatic carbocycles. The summed E-state index contributed by atoms with van der Waals surface area (Å²) in [4.78, 5) is 2.22. The predicted molar refractivity (Wildman–Crippen MR) is 72.4 cm³/mol. The summed E-state index contributed by atoms with van der Waals surface area (Å²) < 4.78 is 11.1. The fourth-order valence-electron chi connectivity index (χ4n) is 2.40. The van der Waals surface area contributed by atoms with E-state index in [-0.39, 0.29) is 0 Å². The molecule has 5 nitrogen and oxygen atoms in total. The summed E-state index contributed by atoms with van der Waals surface area (Å²) in [7, 11) is 0. The number of nitrogen functional groups attached to an aromatic ring is 1. The number of anilines is 2. The lowest BCUT2D eigenvalue weighted by molar-refractivity contribution is 0.172. The zero-order valence-electron chi connectivity index (χ0n) is 10.8. The highest BCUT2D eigenvalue weighted by molar-refractivity contribution is 5.74. The van der Waals surface area contributed by atoms with Crippen molar-refractivity contribution >= 4 is 11.4 Å². The van der Waals surface area contributed by atoms with E-state index >= 15 is 0 Å². The highest BCUT2D eigenvalue weighted by Gasteiger charge is 2.31. The monoisotopic (exact) mass is 259 g/mol. The molecule has 0 saturated heterocycles. The molecular formula is C14H17N3O2. The minimum absolute atomic E-state index is 0.504. The first kappa shape index (κ1) is 12.0. The lowest BCUT2D eigenvalue weighted by Gasteiger charge is -2.27. The summed E-state index contributed by atoms with van der Waals surface area (Å²) >= 11 is 0. The van der Waals surface area contributed by atoms with E-state index in [0.717, 1.165) is 11.4 Å². The lowest BCUT2D eigenvalue weighted by atomic mass is 10.2. The van der Waals surface area contributed by atoms with Crippen molar-refractivity contribution in [3.63, 3.8) is 0 Å². The molecule has 100 valence electrons. The van der Waals surface area contributed by atoms with Crippen molar-refractivity contribution < 1.29 is 9.47 Å². The Kier molecular flexibility index (Phi) is 3.08. The van der Waals surface area contributed by atoms with Gasteiger partial charge in [-0.2, -0.15) is 5.26 Å². The molecule has 0 atom stereocenters.